The molecule has 7 nitrogen and oxygen atoms in total. The monoisotopic (exact) mass is 493 g/mol. The zero-order valence-corrected chi connectivity index (χ0v) is 19.9. The molecule has 1 atom stereocenters. The molecule has 4 aromatic rings. The van der Waals surface area contributed by atoms with Gasteiger partial charge in [0.2, 0.25) is 5.91 Å². The summed E-state index contributed by atoms with van der Waals surface area (Å²) in [6.45, 7) is 2.92. The van der Waals surface area contributed by atoms with E-state index in [0.29, 0.717) is 37.9 Å². The molecule has 0 saturated carbocycles. The molecule has 0 aliphatic heterocycles. The maximum Gasteiger partial charge on any atom is 0.339 e. The van der Waals surface area contributed by atoms with E-state index in [4.69, 9.17) is 16.3 Å². The summed E-state index contributed by atoms with van der Waals surface area (Å²) in [5.74, 6) is -1.30. The lowest BCUT2D eigenvalue weighted by molar-refractivity contribution is -0.123. The number of halogens is 1. The number of hydrogen-bond acceptors (Lipinski definition) is 6. The van der Waals surface area contributed by atoms with E-state index < -0.39 is 18.0 Å². The van der Waals surface area contributed by atoms with Crippen LogP contribution in [0.25, 0.3) is 21.5 Å². The Balaban J connectivity index is 1.52. The number of benzene rings is 2. The van der Waals surface area contributed by atoms with Gasteiger partial charge < -0.3 is 15.4 Å². The minimum atomic E-state index is -1.05. The molecular weight excluding hydrogens is 474 g/mol. The Morgan fingerprint density at radius 2 is 1.65 bits per heavy atom. The van der Waals surface area contributed by atoms with Crippen LogP contribution in [0.3, 0.4) is 0 Å². The number of carbonyl (C=O) groups is 3. The summed E-state index contributed by atoms with van der Waals surface area (Å²) in [4.78, 5) is 42.3. The summed E-state index contributed by atoms with van der Waals surface area (Å²) in [5, 5.41) is 5.98. The van der Waals surface area contributed by atoms with Crippen LogP contribution in [0, 0.1) is 0 Å². The summed E-state index contributed by atoms with van der Waals surface area (Å²) in [6.07, 6.45) is -1.05. The highest BCUT2D eigenvalue weighted by atomic mass is 35.5. The highest BCUT2D eigenvalue weighted by molar-refractivity contribution is 7.19. The van der Waals surface area contributed by atoms with Crippen molar-refractivity contribution in [3.63, 3.8) is 0 Å². The largest absolute Gasteiger partial charge is 0.449 e. The van der Waals surface area contributed by atoms with Crippen LogP contribution in [0.4, 0.5) is 11.4 Å². The molecule has 2 amide bonds. The van der Waals surface area contributed by atoms with Gasteiger partial charge in [0.05, 0.1) is 26.0 Å². The molecule has 0 radical (unpaired) electrons. The van der Waals surface area contributed by atoms with Crippen LogP contribution in [0.5, 0.6) is 0 Å². The van der Waals surface area contributed by atoms with Gasteiger partial charge in [-0.1, -0.05) is 29.8 Å². The standard InChI is InChI=1S/C25H20ClN3O4S/c1-14(24(31)28-17-9-7-16(8-10-17)27-15(2)30)33-25(32)19-13-21(22-11-12-23(26)34-22)29-20-6-4-3-5-18(19)20/h3-14H,1-2H3,(H,27,30)(H,28,31)/t14-/m0/s1. The second kappa shape index (κ2) is 10.0. The predicted octanol–water partition coefficient (Wildman–Crippen LogP) is 5.76. The third-order valence-corrected chi connectivity index (χ3v) is 6.14. The molecule has 0 aliphatic rings. The lowest BCUT2D eigenvalue weighted by Crippen LogP contribution is -2.30. The van der Waals surface area contributed by atoms with Crippen molar-refractivity contribution in [1.82, 2.24) is 4.98 Å². The number of carbonyl (C=O) groups excluding carboxylic acids is 3. The van der Waals surface area contributed by atoms with Crippen LogP contribution < -0.4 is 10.6 Å². The van der Waals surface area contributed by atoms with Gasteiger partial charge >= 0.3 is 5.97 Å². The number of rotatable bonds is 6. The normalized spacial score (nSPS) is 11.6. The first-order chi connectivity index (χ1) is 16.3. The van der Waals surface area contributed by atoms with Crippen molar-refractivity contribution in [2.75, 3.05) is 10.6 Å². The molecule has 4 rings (SSSR count). The van der Waals surface area contributed by atoms with Gasteiger partial charge in [0.25, 0.3) is 5.91 Å². The molecule has 2 aromatic heterocycles. The Hall–Kier alpha value is -3.75. The zero-order chi connectivity index (χ0) is 24.2. The van der Waals surface area contributed by atoms with Gasteiger partial charge in [-0.15, -0.1) is 11.3 Å². The third-order valence-electron chi connectivity index (χ3n) is 4.89. The number of esters is 1. The number of amides is 2. The Bertz CT molecular complexity index is 1380. The fourth-order valence-corrected chi connectivity index (χ4v) is 4.29. The SMILES string of the molecule is CC(=O)Nc1ccc(NC(=O)[C@H](C)OC(=O)c2cc(-c3ccc(Cl)s3)nc3ccccc23)cc1. The number of thiophene rings is 1. The number of anilines is 2. The minimum Gasteiger partial charge on any atom is -0.449 e. The zero-order valence-electron chi connectivity index (χ0n) is 18.3. The number of para-hydroxylation sites is 1. The van der Waals surface area contributed by atoms with E-state index in [9.17, 15) is 14.4 Å². The molecule has 0 saturated heterocycles. The second-order valence-electron chi connectivity index (χ2n) is 7.47. The van der Waals surface area contributed by atoms with Crippen LogP contribution in [0.1, 0.15) is 24.2 Å². The Morgan fingerprint density at radius 1 is 0.971 bits per heavy atom. The first kappa shape index (κ1) is 23.4. The van der Waals surface area contributed by atoms with Crippen molar-refractivity contribution >= 4 is 63.0 Å². The highest BCUT2D eigenvalue weighted by Crippen LogP contribution is 2.32. The van der Waals surface area contributed by atoms with Gasteiger partial charge in [0.15, 0.2) is 6.10 Å². The molecule has 0 aliphatic carbocycles. The average molecular weight is 494 g/mol. The highest BCUT2D eigenvalue weighted by Gasteiger charge is 2.22. The minimum absolute atomic E-state index is 0.189. The number of nitrogens with one attached hydrogen (secondary N) is 2. The van der Waals surface area contributed by atoms with Gasteiger partial charge in [-0.2, -0.15) is 0 Å². The molecule has 0 bridgehead atoms. The molecule has 2 heterocycles. The number of hydrogen-bond donors (Lipinski definition) is 2. The Kier molecular flexibility index (Phi) is 6.90. The van der Waals surface area contributed by atoms with Gasteiger partial charge in [-0.05, 0) is 55.5 Å². The Morgan fingerprint density at radius 3 is 2.29 bits per heavy atom. The fourth-order valence-electron chi connectivity index (χ4n) is 3.28. The van der Waals surface area contributed by atoms with Crippen molar-refractivity contribution < 1.29 is 19.1 Å². The van der Waals surface area contributed by atoms with Gasteiger partial charge in [0, 0.05) is 23.7 Å². The molecule has 0 unspecified atom stereocenters. The summed E-state index contributed by atoms with van der Waals surface area (Å²) in [7, 11) is 0. The number of aromatic nitrogens is 1. The average Bonchev–Trinajstić information content (AvgIpc) is 3.25. The maximum absolute atomic E-state index is 13.1. The van der Waals surface area contributed by atoms with Crippen molar-refractivity contribution in [1.29, 1.82) is 0 Å². The van der Waals surface area contributed by atoms with Gasteiger partial charge in [-0.25, -0.2) is 9.78 Å². The first-order valence-corrected chi connectivity index (χ1v) is 11.5. The maximum atomic E-state index is 13.1. The van der Waals surface area contributed by atoms with E-state index in [2.05, 4.69) is 15.6 Å². The van der Waals surface area contributed by atoms with Crippen LogP contribution >= 0.6 is 22.9 Å². The lowest BCUT2D eigenvalue weighted by Gasteiger charge is -2.15. The Labute approximate surface area is 204 Å². The van der Waals surface area contributed by atoms with E-state index in [-0.39, 0.29) is 5.91 Å². The molecule has 0 fully saturated rings. The van der Waals surface area contributed by atoms with E-state index in [1.807, 2.05) is 24.3 Å². The second-order valence-corrected chi connectivity index (χ2v) is 9.19. The van der Waals surface area contributed by atoms with Gasteiger partial charge in [0.1, 0.15) is 0 Å². The number of fused-ring (bicyclic) bond motifs is 1. The molecule has 2 N–H and O–H groups in total. The molecule has 9 heteroatoms. The van der Waals surface area contributed by atoms with E-state index in [1.165, 1.54) is 25.2 Å². The smallest absolute Gasteiger partial charge is 0.339 e. The topological polar surface area (TPSA) is 97.4 Å². The summed E-state index contributed by atoms with van der Waals surface area (Å²) in [6, 6.07) is 19.1. The van der Waals surface area contributed by atoms with Crippen molar-refractivity contribution in [2.45, 2.75) is 20.0 Å². The molecule has 172 valence electrons. The van der Waals surface area contributed by atoms with Crippen LogP contribution in [0.15, 0.2) is 66.7 Å². The summed E-state index contributed by atoms with van der Waals surface area (Å²) >= 11 is 7.43. The molecule has 2 aromatic carbocycles. The van der Waals surface area contributed by atoms with E-state index in [0.717, 1.165) is 4.88 Å². The first-order valence-electron chi connectivity index (χ1n) is 10.3. The fraction of sp³-hybridized carbons (Fsp3) is 0.120. The van der Waals surface area contributed by atoms with Crippen LogP contribution in [0.2, 0.25) is 4.34 Å². The van der Waals surface area contributed by atoms with Gasteiger partial charge in [-0.3, -0.25) is 9.59 Å². The van der Waals surface area contributed by atoms with E-state index >= 15 is 0 Å². The molecular formula is C25H20ClN3O4S. The number of nitrogens with zero attached hydrogens (tertiary/aromatic N) is 1. The molecule has 0 spiro atoms. The predicted molar refractivity (Wildman–Crippen MR) is 134 cm³/mol. The van der Waals surface area contributed by atoms with Crippen molar-refractivity contribution in [3.05, 3.63) is 76.6 Å². The summed E-state index contributed by atoms with van der Waals surface area (Å²) in [5.41, 5.74) is 2.65. The van der Waals surface area contributed by atoms with E-state index in [1.54, 1.807) is 42.5 Å². The van der Waals surface area contributed by atoms with Crippen molar-refractivity contribution in [3.8, 4) is 10.6 Å². The molecule has 34 heavy (non-hydrogen) atoms. The third kappa shape index (κ3) is 5.41. The van der Waals surface area contributed by atoms with Crippen LogP contribution in [-0.2, 0) is 14.3 Å². The quantitative estimate of drug-likeness (QED) is 0.333. The van der Waals surface area contributed by atoms with Crippen molar-refractivity contribution in [2.24, 2.45) is 0 Å². The van der Waals surface area contributed by atoms with Crippen LogP contribution in [-0.4, -0.2) is 28.9 Å². The lowest BCUT2D eigenvalue weighted by atomic mass is 10.1. The summed E-state index contributed by atoms with van der Waals surface area (Å²) < 4.78 is 6.11. The number of pyridine rings is 1. The number of ether oxygens (including phenoxy) is 1.